The third-order valence-corrected chi connectivity index (χ3v) is 4.44. The Morgan fingerprint density at radius 2 is 2.17 bits per heavy atom. The van der Waals surface area contributed by atoms with Crippen LogP contribution in [0.25, 0.3) is 10.2 Å². The Hall–Kier alpha value is -2.18. The van der Waals surface area contributed by atoms with Gasteiger partial charge in [0.05, 0.1) is 10.2 Å². The van der Waals surface area contributed by atoms with Crippen LogP contribution in [0.15, 0.2) is 42.5 Å². The molecule has 1 heterocycles. The van der Waals surface area contributed by atoms with Crippen molar-refractivity contribution in [2.75, 3.05) is 5.32 Å². The second kappa shape index (κ2) is 7.15. The third kappa shape index (κ3) is 3.83. The zero-order valence-corrected chi connectivity index (χ0v) is 14.3. The number of hydrogen-bond donors (Lipinski definition) is 1. The maximum atomic E-state index is 13.6. The molecule has 0 fully saturated rings. The first-order valence-corrected chi connectivity index (χ1v) is 8.50. The number of nitrogens with one attached hydrogen (secondary N) is 1. The lowest BCUT2D eigenvalue weighted by atomic mass is 10.2. The van der Waals surface area contributed by atoms with Crippen molar-refractivity contribution >= 4 is 44.2 Å². The number of rotatable bonds is 5. The number of nitrogens with zero attached hydrogens (tertiary/aromatic N) is 1. The Bertz CT molecular complexity index is 882. The van der Waals surface area contributed by atoms with E-state index in [0.29, 0.717) is 16.4 Å². The minimum absolute atomic E-state index is 0.143. The summed E-state index contributed by atoms with van der Waals surface area (Å²) in [5.41, 5.74) is 1.24. The number of fused-ring (bicyclic) bond motifs is 1. The zero-order valence-electron chi connectivity index (χ0n) is 12.8. The van der Waals surface area contributed by atoms with E-state index in [1.807, 2.05) is 6.07 Å². The Morgan fingerprint density at radius 1 is 1.38 bits per heavy atom. The predicted octanol–water partition coefficient (Wildman–Crippen LogP) is 4.58. The lowest BCUT2D eigenvalue weighted by Crippen LogP contribution is -2.19. The lowest BCUT2D eigenvalue weighted by Gasteiger charge is -2.06. The number of ether oxygens (including phenoxy) is 1. The molecule has 124 valence electrons. The van der Waals surface area contributed by atoms with E-state index in [4.69, 9.17) is 16.3 Å². The predicted molar refractivity (Wildman–Crippen MR) is 94.3 cm³/mol. The fourth-order valence-corrected chi connectivity index (χ4v) is 2.98. The Kier molecular flexibility index (Phi) is 4.97. The molecule has 1 unspecified atom stereocenters. The molecule has 3 aromatic rings. The van der Waals surface area contributed by atoms with Crippen LogP contribution < -0.4 is 10.1 Å². The van der Waals surface area contributed by atoms with Crippen molar-refractivity contribution in [1.29, 1.82) is 0 Å². The van der Waals surface area contributed by atoms with E-state index in [2.05, 4.69) is 10.3 Å². The topological polar surface area (TPSA) is 51.2 Å². The molecule has 0 aliphatic heterocycles. The van der Waals surface area contributed by atoms with Crippen LogP contribution >= 0.6 is 22.9 Å². The summed E-state index contributed by atoms with van der Waals surface area (Å²) in [5, 5.41) is 2.51. The third-order valence-electron chi connectivity index (χ3n) is 3.30. The fourth-order valence-electron chi connectivity index (χ4n) is 2.03. The van der Waals surface area contributed by atoms with Crippen LogP contribution in [0, 0.1) is 5.82 Å². The first kappa shape index (κ1) is 16.7. The molecule has 24 heavy (non-hydrogen) atoms. The maximum Gasteiger partial charge on any atom is 0.243 e. The molecular formula is C17H14ClFN2O2S. The van der Waals surface area contributed by atoms with Crippen molar-refractivity contribution in [1.82, 2.24) is 4.98 Å². The number of aromatic nitrogens is 1. The summed E-state index contributed by atoms with van der Waals surface area (Å²) in [6.45, 7) is 1.74. The lowest BCUT2D eigenvalue weighted by molar-refractivity contribution is -0.115. The molecule has 0 aliphatic rings. The minimum atomic E-state index is -0.628. The van der Waals surface area contributed by atoms with Crippen molar-refractivity contribution in [2.24, 2.45) is 0 Å². The van der Waals surface area contributed by atoms with Crippen LogP contribution in [0.4, 0.5) is 9.52 Å². The normalized spacial score (nSPS) is 12.1. The molecule has 0 aliphatic carbocycles. The van der Waals surface area contributed by atoms with Gasteiger partial charge in [-0.2, -0.15) is 0 Å². The fraction of sp³-hybridized carbons (Fsp3) is 0.176. The van der Waals surface area contributed by atoms with Crippen molar-refractivity contribution < 1.29 is 13.9 Å². The number of halogens is 2. The number of carbonyl (C=O) groups is 1. The van der Waals surface area contributed by atoms with Gasteiger partial charge < -0.3 is 10.1 Å². The van der Waals surface area contributed by atoms with E-state index >= 15 is 0 Å². The number of amides is 1. The second-order valence-electron chi connectivity index (χ2n) is 5.13. The molecule has 7 heteroatoms. The average molecular weight is 365 g/mol. The first-order valence-electron chi connectivity index (χ1n) is 7.24. The summed E-state index contributed by atoms with van der Waals surface area (Å²) in [6, 6.07) is 11.9. The molecule has 0 radical (unpaired) electrons. The van der Waals surface area contributed by atoms with Crippen molar-refractivity contribution in [3.05, 3.63) is 53.8 Å². The average Bonchev–Trinajstić information content (AvgIpc) is 2.95. The minimum Gasteiger partial charge on any atom is -0.489 e. The molecule has 2 aromatic carbocycles. The van der Waals surface area contributed by atoms with E-state index in [-0.39, 0.29) is 18.3 Å². The van der Waals surface area contributed by atoms with Gasteiger partial charge in [-0.1, -0.05) is 29.5 Å². The molecule has 0 spiro atoms. The van der Waals surface area contributed by atoms with Crippen LogP contribution in [0.5, 0.6) is 5.75 Å². The van der Waals surface area contributed by atoms with Gasteiger partial charge in [-0.3, -0.25) is 4.79 Å². The number of carbonyl (C=O) groups excluding carboxylic acids is 1. The van der Waals surface area contributed by atoms with Gasteiger partial charge in [-0.05, 0) is 31.2 Å². The number of alkyl halides is 1. The molecule has 1 atom stereocenters. The van der Waals surface area contributed by atoms with Crippen molar-refractivity contribution in [2.45, 2.75) is 18.9 Å². The van der Waals surface area contributed by atoms with E-state index in [9.17, 15) is 9.18 Å². The van der Waals surface area contributed by atoms with Crippen molar-refractivity contribution in [3.8, 4) is 5.75 Å². The van der Waals surface area contributed by atoms with E-state index in [1.165, 1.54) is 17.4 Å². The molecule has 1 N–H and O–H groups in total. The van der Waals surface area contributed by atoms with E-state index in [0.717, 1.165) is 10.2 Å². The Labute approximate surface area is 147 Å². The second-order valence-corrected chi connectivity index (χ2v) is 6.82. The Morgan fingerprint density at radius 3 is 2.92 bits per heavy atom. The van der Waals surface area contributed by atoms with Crippen LogP contribution in [-0.4, -0.2) is 16.3 Å². The highest BCUT2D eigenvalue weighted by atomic mass is 35.5. The molecule has 0 saturated heterocycles. The molecule has 4 nitrogen and oxygen atoms in total. The molecule has 1 aromatic heterocycles. The van der Waals surface area contributed by atoms with Gasteiger partial charge in [-0.15, -0.1) is 11.6 Å². The van der Waals surface area contributed by atoms with Crippen LogP contribution in [0.2, 0.25) is 0 Å². The number of benzene rings is 2. The zero-order chi connectivity index (χ0) is 17.1. The Balaban J connectivity index is 1.74. The summed E-state index contributed by atoms with van der Waals surface area (Å²) in [7, 11) is 0. The van der Waals surface area contributed by atoms with E-state index < -0.39 is 5.38 Å². The molecule has 1 amide bonds. The highest BCUT2D eigenvalue weighted by molar-refractivity contribution is 7.22. The molecule has 0 bridgehead atoms. The maximum absolute atomic E-state index is 13.6. The quantitative estimate of drug-likeness (QED) is 0.674. The summed E-state index contributed by atoms with van der Waals surface area (Å²) < 4.78 is 20.1. The molecule has 3 rings (SSSR count). The highest BCUT2D eigenvalue weighted by Crippen LogP contribution is 2.29. The smallest absolute Gasteiger partial charge is 0.243 e. The standard InChI is InChI=1S/C17H14ClFN2O2S/c1-10(18)16(22)21-17-20-14-7-6-12(8-15(14)24-17)23-9-11-4-2-3-5-13(11)19/h2-8,10H,9H2,1H3,(H,20,21,22). The van der Waals surface area contributed by atoms with Crippen LogP contribution in [-0.2, 0) is 11.4 Å². The van der Waals surface area contributed by atoms with Gasteiger partial charge in [0.1, 0.15) is 23.6 Å². The highest BCUT2D eigenvalue weighted by Gasteiger charge is 2.12. The van der Waals surface area contributed by atoms with Crippen LogP contribution in [0.1, 0.15) is 12.5 Å². The molecular weight excluding hydrogens is 351 g/mol. The number of anilines is 1. The van der Waals surface area contributed by atoms with Gasteiger partial charge in [0, 0.05) is 5.56 Å². The van der Waals surface area contributed by atoms with Gasteiger partial charge in [0.25, 0.3) is 0 Å². The molecule has 0 saturated carbocycles. The SMILES string of the molecule is CC(Cl)C(=O)Nc1nc2ccc(OCc3ccccc3F)cc2s1. The summed E-state index contributed by atoms with van der Waals surface area (Å²) in [6.07, 6.45) is 0. The van der Waals surface area contributed by atoms with Gasteiger partial charge in [-0.25, -0.2) is 9.37 Å². The van der Waals surface area contributed by atoms with Gasteiger partial charge in [0.15, 0.2) is 5.13 Å². The first-order chi connectivity index (χ1) is 11.5. The monoisotopic (exact) mass is 364 g/mol. The van der Waals surface area contributed by atoms with Gasteiger partial charge >= 0.3 is 0 Å². The number of hydrogen-bond acceptors (Lipinski definition) is 4. The van der Waals surface area contributed by atoms with E-state index in [1.54, 1.807) is 37.3 Å². The van der Waals surface area contributed by atoms with Crippen molar-refractivity contribution in [3.63, 3.8) is 0 Å². The van der Waals surface area contributed by atoms with Crippen LogP contribution in [0.3, 0.4) is 0 Å². The summed E-state index contributed by atoms with van der Waals surface area (Å²) >= 11 is 7.05. The van der Waals surface area contributed by atoms with Gasteiger partial charge in [0.2, 0.25) is 5.91 Å². The summed E-state index contributed by atoms with van der Waals surface area (Å²) in [4.78, 5) is 15.9. The number of thiazole rings is 1. The summed E-state index contributed by atoms with van der Waals surface area (Å²) in [5.74, 6) is 0.0151. The largest absolute Gasteiger partial charge is 0.489 e.